The Morgan fingerprint density at radius 2 is 1.67 bits per heavy atom. The molecule has 2 nitrogen and oxygen atoms in total. The first-order valence-electron chi connectivity index (χ1n) is 10.1. The monoisotopic (exact) mass is 370 g/mol. The minimum Gasteiger partial charge on any atom is -0.458 e. The molecule has 0 fully saturated rings. The number of rotatable bonds is 9. The normalized spacial score (nSPS) is 13.2. The Labute approximate surface area is 162 Å². The molecule has 2 atom stereocenters. The van der Waals surface area contributed by atoms with Crippen molar-refractivity contribution in [3.05, 3.63) is 59.4 Å². The maximum absolute atomic E-state index is 14.4. The zero-order valence-corrected chi connectivity index (χ0v) is 16.9. The van der Waals surface area contributed by atoms with Crippen LogP contribution >= 0.6 is 0 Å². The zero-order valence-electron chi connectivity index (χ0n) is 16.9. The molecular weight excluding hydrogens is 339 g/mol. The molecule has 0 spiro atoms. The van der Waals surface area contributed by atoms with Gasteiger partial charge in [-0.25, -0.2) is 4.39 Å². The van der Waals surface area contributed by atoms with E-state index in [2.05, 4.69) is 6.92 Å². The molecule has 0 aliphatic rings. The summed E-state index contributed by atoms with van der Waals surface area (Å²) in [6.45, 7) is 7.87. The summed E-state index contributed by atoms with van der Waals surface area (Å²) in [5.41, 5.74) is 3.54. The van der Waals surface area contributed by atoms with Crippen molar-refractivity contribution in [2.24, 2.45) is 5.92 Å². The van der Waals surface area contributed by atoms with E-state index in [0.717, 1.165) is 54.4 Å². The molecule has 2 rings (SSSR count). The Kier molecular flexibility index (Phi) is 8.02. The van der Waals surface area contributed by atoms with E-state index in [-0.39, 0.29) is 23.8 Å². The topological polar surface area (TPSA) is 26.3 Å². The SMILES string of the molecule is CCCCCc1ccc(-c2ccc(C(C)OC(=O)C(C)CC)cc2)cc1F. The summed E-state index contributed by atoms with van der Waals surface area (Å²) in [6.07, 6.45) is 4.55. The van der Waals surface area contributed by atoms with Crippen LogP contribution in [0, 0.1) is 11.7 Å². The number of hydrogen-bond donors (Lipinski definition) is 0. The lowest BCUT2D eigenvalue weighted by Gasteiger charge is -2.16. The molecule has 0 aliphatic heterocycles. The summed E-state index contributed by atoms with van der Waals surface area (Å²) in [7, 11) is 0. The van der Waals surface area contributed by atoms with Crippen molar-refractivity contribution in [3.8, 4) is 11.1 Å². The Morgan fingerprint density at radius 3 is 2.26 bits per heavy atom. The lowest BCUT2D eigenvalue weighted by molar-refractivity contribution is -0.153. The van der Waals surface area contributed by atoms with Crippen molar-refractivity contribution in [3.63, 3.8) is 0 Å². The van der Waals surface area contributed by atoms with E-state index in [4.69, 9.17) is 4.74 Å². The molecule has 27 heavy (non-hydrogen) atoms. The van der Waals surface area contributed by atoms with E-state index in [1.807, 2.05) is 57.2 Å². The molecule has 0 radical (unpaired) electrons. The first kappa shape index (κ1) is 21.1. The molecule has 0 amide bonds. The summed E-state index contributed by atoms with van der Waals surface area (Å²) < 4.78 is 19.9. The summed E-state index contributed by atoms with van der Waals surface area (Å²) in [4.78, 5) is 11.9. The van der Waals surface area contributed by atoms with Gasteiger partial charge in [0.1, 0.15) is 11.9 Å². The molecule has 0 heterocycles. The van der Waals surface area contributed by atoms with Crippen molar-refractivity contribution >= 4 is 5.97 Å². The Hall–Kier alpha value is -2.16. The highest BCUT2D eigenvalue weighted by atomic mass is 19.1. The maximum atomic E-state index is 14.4. The summed E-state index contributed by atoms with van der Waals surface area (Å²) in [5, 5.41) is 0. The number of unbranched alkanes of at least 4 members (excludes halogenated alkanes) is 2. The Balaban J connectivity index is 2.06. The number of benzene rings is 2. The van der Waals surface area contributed by atoms with Gasteiger partial charge in [0.05, 0.1) is 5.92 Å². The maximum Gasteiger partial charge on any atom is 0.309 e. The fraction of sp³-hybridized carbons (Fsp3) is 0.458. The third-order valence-electron chi connectivity index (χ3n) is 5.12. The van der Waals surface area contributed by atoms with Gasteiger partial charge in [0.25, 0.3) is 0 Å². The fourth-order valence-corrected chi connectivity index (χ4v) is 2.97. The van der Waals surface area contributed by atoms with E-state index in [0.29, 0.717) is 0 Å². The van der Waals surface area contributed by atoms with Crippen molar-refractivity contribution in [2.45, 2.75) is 65.9 Å². The Morgan fingerprint density at radius 1 is 1.00 bits per heavy atom. The number of esters is 1. The third-order valence-corrected chi connectivity index (χ3v) is 5.12. The van der Waals surface area contributed by atoms with Crippen LogP contribution in [-0.2, 0) is 16.0 Å². The second kappa shape index (κ2) is 10.2. The van der Waals surface area contributed by atoms with Crippen LogP contribution in [0.2, 0.25) is 0 Å². The largest absolute Gasteiger partial charge is 0.458 e. The smallest absolute Gasteiger partial charge is 0.309 e. The lowest BCUT2D eigenvalue weighted by atomic mass is 9.99. The number of carbonyl (C=O) groups is 1. The van der Waals surface area contributed by atoms with Gasteiger partial charge >= 0.3 is 5.97 Å². The summed E-state index contributed by atoms with van der Waals surface area (Å²) in [5.74, 6) is -0.399. The van der Waals surface area contributed by atoms with Crippen LogP contribution in [0.4, 0.5) is 4.39 Å². The van der Waals surface area contributed by atoms with Crippen molar-refractivity contribution in [1.29, 1.82) is 0 Å². The van der Waals surface area contributed by atoms with Gasteiger partial charge in [-0.1, -0.05) is 70.0 Å². The molecule has 0 bridgehead atoms. The number of carbonyl (C=O) groups excluding carboxylic acids is 1. The van der Waals surface area contributed by atoms with Crippen LogP contribution in [0.25, 0.3) is 11.1 Å². The van der Waals surface area contributed by atoms with Gasteiger partial charge in [0.15, 0.2) is 0 Å². The minimum absolute atomic E-state index is 0.0921. The second-order valence-corrected chi connectivity index (χ2v) is 7.27. The minimum atomic E-state index is -0.293. The van der Waals surface area contributed by atoms with Gasteiger partial charge in [0.2, 0.25) is 0 Å². The number of halogens is 1. The van der Waals surface area contributed by atoms with Crippen LogP contribution in [0.3, 0.4) is 0 Å². The van der Waals surface area contributed by atoms with Crippen LogP contribution < -0.4 is 0 Å². The van der Waals surface area contributed by atoms with Gasteiger partial charge in [-0.05, 0) is 54.5 Å². The van der Waals surface area contributed by atoms with Gasteiger partial charge in [-0.15, -0.1) is 0 Å². The number of hydrogen-bond acceptors (Lipinski definition) is 2. The van der Waals surface area contributed by atoms with Gasteiger partial charge in [-0.3, -0.25) is 4.79 Å². The molecule has 0 saturated heterocycles. The second-order valence-electron chi connectivity index (χ2n) is 7.27. The van der Waals surface area contributed by atoms with Gasteiger partial charge in [0, 0.05) is 0 Å². The van der Waals surface area contributed by atoms with Crippen LogP contribution in [0.15, 0.2) is 42.5 Å². The first-order valence-corrected chi connectivity index (χ1v) is 10.1. The number of ether oxygens (including phenoxy) is 1. The molecule has 2 aromatic carbocycles. The summed E-state index contributed by atoms with van der Waals surface area (Å²) >= 11 is 0. The Bertz CT molecular complexity index is 737. The quantitative estimate of drug-likeness (QED) is 0.355. The molecule has 2 unspecified atom stereocenters. The first-order chi connectivity index (χ1) is 13.0. The van der Waals surface area contributed by atoms with Crippen LogP contribution in [-0.4, -0.2) is 5.97 Å². The average Bonchev–Trinajstić information content (AvgIpc) is 2.68. The van der Waals surface area contributed by atoms with Gasteiger partial charge in [-0.2, -0.15) is 0 Å². The van der Waals surface area contributed by atoms with Crippen molar-refractivity contribution < 1.29 is 13.9 Å². The van der Waals surface area contributed by atoms with E-state index in [1.54, 1.807) is 6.07 Å². The predicted molar refractivity (Wildman–Crippen MR) is 109 cm³/mol. The standard InChI is InChI=1S/C24H31FO2/c1-5-7-8-9-21-14-15-22(16-23(21)25)20-12-10-19(11-13-20)18(4)27-24(26)17(3)6-2/h10-18H,5-9H2,1-4H3. The molecule has 0 saturated carbocycles. The predicted octanol–water partition coefficient (Wildman–Crippen LogP) is 6.88. The van der Waals surface area contributed by atoms with Crippen molar-refractivity contribution in [1.82, 2.24) is 0 Å². The third kappa shape index (κ3) is 5.92. The molecule has 0 aromatic heterocycles. The highest BCUT2D eigenvalue weighted by Crippen LogP contribution is 2.26. The molecule has 2 aromatic rings. The van der Waals surface area contributed by atoms with Gasteiger partial charge < -0.3 is 4.74 Å². The molecule has 3 heteroatoms. The lowest BCUT2D eigenvalue weighted by Crippen LogP contribution is -2.16. The van der Waals surface area contributed by atoms with Crippen molar-refractivity contribution in [2.75, 3.05) is 0 Å². The molecule has 0 aliphatic carbocycles. The van der Waals surface area contributed by atoms with E-state index < -0.39 is 0 Å². The highest BCUT2D eigenvalue weighted by molar-refractivity contribution is 5.72. The van der Waals surface area contributed by atoms with E-state index in [1.165, 1.54) is 0 Å². The molecular formula is C24H31FO2. The highest BCUT2D eigenvalue weighted by Gasteiger charge is 2.17. The average molecular weight is 371 g/mol. The number of aryl methyl sites for hydroxylation is 1. The summed E-state index contributed by atoms with van der Waals surface area (Å²) in [6, 6.07) is 13.3. The molecule has 146 valence electrons. The van der Waals surface area contributed by atoms with E-state index in [9.17, 15) is 9.18 Å². The van der Waals surface area contributed by atoms with Crippen LogP contribution in [0.5, 0.6) is 0 Å². The fourth-order valence-electron chi connectivity index (χ4n) is 2.97. The van der Waals surface area contributed by atoms with E-state index >= 15 is 0 Å². The molecule has 0 N–H and O–H groups in total. The zero-order chi connectivity index (χ0) is 19.8. The van der Waals surface area contributed by atoms with Crippen LogP contribution in [0.1, 0.15) is 70.6 Å².